The third kappa shape index (κ3) is 0.996. The fourth-order valence-electron chi connectivity index (χ4n) is 0.994. The van der Waals surface area contributed by atoms with Gasteiger partial charge in [0.25, 0.3) is 0 Å². The Kier molecular flexibility index (Phi) is 1.75. The molecule has 0 saturated carbocycles. The van der Waals surface area contributed by atoms with E-state index in [1.165, 1.54) is 6.20 Å². The number of halogens is 3. The molecule has 0 fully saturated rings. The van der Waals surface area contributed by atoms with Gasteiger partial charge in [-0.2, -0.15) is 5.10 Å². The maximum atomic E-state index is 12.9. The highest BCUT2D eigenvalue weighted by molar-refractivity contribution is 14.1. The Labute approximate surface area is 80.1 Å². The number of rotatable bonds is 0. The first-order valence-electron chi connectivity index (χ1n) is 3.16. The largest absolute Gasteiger partial charge is 0.278 e. The summed E-state index contributed by atoms with van der Waals surface area (Å²) in [5.74, 6) is -1.67. The number of fused-ring (bicyclic) bond motifs is 1. The second-order valence-corrected chi connectivity index (χ2v) is 3.40. The van der Waals surface area contributed by atoms with Gasteiger partial charge in [0, 0.05) is 11.5 Å². The quantitative estimate of drug-likeness (QED) is 0.582. The predicted molar refractivity (Wildman–Crippen MR) is 48.7 cm³/mol. The molecule has 1 heterocycles. The molecule has 0 saturated heterocycles. The zero-order valence-corrected chi connectivity index (χ0v) is 7.89. The summed E-state index contributed by atoms with van der Waals surface area (Å²) in [5.41, 5.74) is 0.512. The Morgan fingerprint density at radius 1 is 1.42 bits per heavy atom. The van der Waals surface area contributed by atoms with Gasteiger partial charge in [-0.05, 0) is 22.6 Å². The standard InChI is InChI=1S/C7H3F2IN2/c8-4-1-5-3(2-11-12-5)7(10)6(4)9/h1-2H,(H,11,12). The van der Waals surface area contributed by atoms with E-state index in [4.69, 9.17) is 0 Å². The van der Waals surface area contributed by atoms with E-state index in [1.54, 1.807) is 22.6 Å². The zero-order chi connectivity index (χ0) is 8.72. The summed E-state index contributed by atoms with van der Waals surface area (Å²) in [5, 5.41) is 6.85. The van der Waals surface area contributed by atoms with Gasteiger partial charge in [-0.3, -0.25) is 5.10 Å². The van der Waals surface area contributed by atoms with Gasteiger partial charge in [0.1, 0.15) is 0 Å². The third-order valence-electron chi connectivity index (χ3n) is 1.58. The van der Waals surface area contributed by atoms with Crippen molar-refractivity contribution in [2.24, 2.45) is 0 Å². The Bertz CT molecular complexity index is 438. The van der Waals surface area contributed by atoms with Crippen molar-refractivity contribution in [2.45, 2.75) is 0 Å². The first-order valence-corrected chi connectivity index (χ1v) is 4.24. The van der Waals surface area contributed by atoms with E-state index in [2.05, 4.69) is 10.2 Å². The molecule has 0 aliphatic heterocycles. The van der Waals surface area contributed by atoms with E-state index in [0.717, 1.165) is 6.07 Å². The minimum Gasteiger partial charge on any atom is -0.278 e. The minimum absolute atomic E-state index is 0.261. The molecule has 0 amide bonds. The summed E-state index contributed by atoms with van der Waals surface area (Å²) in [6, 6.07) is 1.10. The first-order chi connectivity index (χ1) is 5.70. The average Bonchev–Trinajstić information content (AvgIpc) is 2.48. The molecule has 1 aromatic carbocycles. The van der Waals surface area contributed by atoms with Crippen LogP contribution in [0.5, 0.6) is 0 Å². The summed E-state index contributed by atoms with van der Waals surface area (Å²) in [6.07, 6.45) is 1.47. The highest BCUT2D eigenvalue weighted by Gasteiger charge is 2.11. The monoisotopic (exact) mass is 280 g/mol. The van der Waals surface area contributed by atoms with Gasteiger partial charge in [0.05, 0.1) is 15.3 Å². The van der Waals surface area contributed by atoms with Crippen molar-refractivity contribution in [1.82, 2.24) is 10.2 Å². The van der Waals surface area contributed by atoms with Crippen molar-refractivity contribution < 1.29 is 8.78 Å². The molecule has 2 aromatic rings. The summed E-state index contributed by atoms with van der Waals surface area (Å²) in [6.45, 7) is 0. The summed E-state index contributed by atoms with van der Waals surface area (Å²) in [7, 11) is 0. The van der Waals surface area contributed by atoms with Crippen LogP contribution in [-0.2, 0) is 0 Å². The van der Waals surface area contributed by atoms with Gasteiger partial charge in [-0.15, -0.1) is 0 Å². The Balaban J connectivity index is 2.94. The highest BCUT2D eigenvalue weighted by Crippen LogP contribution is 2.23. The molecular formula is C7H3F2IN2. The lowest BCUT2D eigenvalue weighted by Gasteiger charge is -1.96. The van der Waals surface area contributed by atoms with E-state index in [9.17, 15) is 8.78 Å². The number of aromatic amines is 1. The van der Waals surface area contributed by atoms with Crippen LogP contribution in [0.2, 0.25) is 0 Å². The molecule has 12 heavy (non-hydrogen) atoms. The fourth-order valence-corrected chi connectivity index (χ4v) is 1.68. The van der Waals surface area contributed by atoms with E-state index in [-0.39, 0.29) is 3.57 Å². The van der Waals surface area contributed by atoms with Crippen LogP contribution in [0, 0.1) is 15.2 Å². The molecule has 5 heteroatoms. The van der Waals surface area contributed by atoms with Gasteiger partial charge < -0.3 is 0 Å². The number of hydrogen-bond donors (Lipinski definition) is 1. The van der Waals surface area contributed by atoms with E-state index in [1.807, 2.05) is 0 Å². The molecule has 2 nitrogen and oxygen atoms in total. The number of aromatic nitrogens is 2. The van der Waals surface area contributed by atoms with Crippen LogP contribution in [0.4, 0.5) is 8.78 Å². The van der Waals surface area contributed by atoms with Gasteiger partial charge in [0.15, 0.2) is 11.6 Å². The number of nitrogens with one attached hydrogen (secondary N) is 1. The average molecular weight is 280 g/mol. The Hall–Kier alpha value is -0.720. The lowest BCUT2D eigenvalue weighted by atomic mass is 10.2. The maximum Gasteiger partial charge on any atom is 0.172 e. The van der Waals surface area contributed by atoms with Crippen LogP contribution >= 0.6 is 22.6 Å². The summed E-state index contributed by atoms with van der Waals surface area (Å²) in [4.78, 5) is 0. The van der Waals surface area contributed by atoms with Crippen molar-refractivity contribution in [1.29, 1.82) is 0 Å². The van der Waals surface area contributed by atoms with Crippen molar-refractivity contribution in [3.05, 3.63) is 27.5 Å². The molecule has 0 unspecified atom stereocenters. The molecule has 0 aliphatic carbocycles. The molecule has 0 radical (unpaired) electrons. The molecule has 0 aliphatic rings. The van der Waals surface area contributed by atoms with Crippen molar-refractivity contribution >= 4 is 33.5 Å². The number of H-pyrrole nitrogens is 1. The molecule has 62 valence electrons. The molecular weight excluding hydrogens is 277 g/mol. The van der Waals surface area contributed by atoms with Crippen LogP contribution in [0.15, 0.2) is 12.3 Å². The van der Waals surface area contributed by atoms with E-state index < -0.39 is 11.6 Å². The highest BCUT2D eigenvalue weighted by atomic mass is 127. The second-order valence-electron chi connectivity index (χ2n) is 2.32. The van der Waals surface area contributed by atoms with Crippen molar-refractivity contribution in [3.63, 3.8) is 0 Å². The molecule has 2 rings (SSSR count). The third-order valence-corrected chi connectivity index (χ3v) is 2.63. The topological polar surface area (TPSA) is 28.7 Å². The van der Waals surface area contributed by atoms with Gasteiger partial charge in [-0.25, -0.2) is 8.78 Å². The fraction of sp³-hybridized carbons (Fsp3) is 0. The normalized spacial score (nSPS) is 10.9. The number of hydrogen-bond acceptors (Lipinski definition) is 1. The zero-order valence-electron chi connectivity index (χ0n) is 5.74. The first kappa shape index (κ1) is 7.90. The second kappa shape index (κ2) is 2.65. The van der Waals surface area contributed by atoms with Crippen LogP contribution in [0.3, 0.4) is 0 Å². The van der Waals surface area contributed by atoms with Crippen LogP contribution in [-0.4, -0.2) is 10.2 Å². The molecule has 0 atom stereocenters. The Morgan fingerprint density at radius 3 is 2.92 bits per heavy atom. The lowest BCUT2D eigenvalue weighted by molar-refractivity contribution is 0.506. The molecule has 1 N–H and O–H groups in total. The number of benzene rings is 1. The number of nitrogens with zero attached hydrogens (tertiary/aromatic N) is 1. The SMILES string of the molecule is Fc1cc2[nH]ncc2c(I)c1F. The van der Waals surface area contributed by atoms with Gasteiger partial charge in [0.2, 0.25) is 0 Å². The van der Waals surface area contributed by atoms with Crippen molar-refractivity contribution in [3.8, 4) is 0 Å². The van der Waals surface area contributed by atoms with Crippen LogP contribution in [0.1, 0.15) is 0 Å². The van der Waals surface area contributed by atoms with Gasteiger partial charge in [-0.1, -0.05) is 0 Å². The molecule has 1 aromatic heterocycles. The van der Waals surface area contributed by atoms with Crippen LogP contribution in [0.25, 0.3) is 10.9 Å². The molecule has 0 bridgehead atoms. The molecule has 0 spiro atoms. The van der Waals surface area contributed by atoms with Gasteiger partial charge >= 0.3 is 0 Å². The van der Waals surface area contributed by atoms with Crippen LogP contribution < -0.4 is 0 Å². The summed E-state index contributed by atoms with van der Waals surface area (Å²) >= 11 is 1.75. The van der Waals surface area contributed by atoms with E-state index in [0.29, 0.717) is 10.9 Å². The van der Waals surface area contributed by atoms with E-state index >= 15 is 0 Å². The maximum absolute atomic E-state index is 12.9. The smallest absolute Gasteiger partial charge is 0.172 e. The predicted octanol–water partition coefficient (Wildman–Crippen LogP) is 2.45. The minimum atomic E-state index is -0.851. The van der Waals surface area contributed by atoms with Crippen molar-refractivity contribution in [2.75, 3.05) is 0 Å². The lowest BCUT2D eigenvalue weighted by Crippen LogP contribution is -1.88. The summed E-state index contributed by atoms with van der Waals surface area (Å²) < 4.78 is 25.9. The Morgan fingerprint density at radius 2 is 2.17 bits per heavy atom.